The Kier molecular flexibility index (Phi) is 8.06. The Labute approximate surface area is 93.7 Å². The first kappa shape index (κ1) is 14.2. The zero-order chi connectivity index (χ0) is 11.7. The number of ether oxygens (including phenoxy) is 1. The molecule has 0 bridgehead atoms. The van der Waals surface area contributed by atoms with Crippen LogP contribution in [-0.2, 0) is 9.53 Å². The summed E-state index contributed by atoms with van der Waals surface area (Å²) >= 11 is 0. The standard InChI is InChI=1S/C13H24O2/c1-5-8-12(9-6-2)10-15-13(14)11(4)7-3/h12H,4-10H2,1-3H3. The maximum atomic E-state index is 11.4. The van der Waals surface area contributed by atoms with Crippen LogP contribution in [0.25, 0.3) is 0 Å². The Balaban J connectivity index is 3.87. The number of carbonyl (C=O) groups is 1. The highest BCUT2D eigenvalue weighted by Gasteiger charge is 2.11. The summed E-state index contributed by atoms with van der Waals surface area (Å²) in [5, 5.41) is 0. The summed E-state index contributed by atoms with van der Waals surface area (Å²) in [5.41, 5.74) is 0.571. The van der Waals surface area contributed by atoms with Gasteiger partial charge in [0.05, 0.1) is 6.61 Å². The van der Waals surface area contributed by atoms with Gasteiger partial charge in [-0.15, -0.1) is 0 Å². The lowest BCUT2D eigenvalue weighted by Crippen LogP contribution is -2.15. The van der Waals surface area contributed by atoms with Crippen LogP contribution in [-0.4, -0.2) is 12.6 Å². The van der Waals surface area contributed by atoms with E-state index in [9.17, 15) is 4.79 Å². The van der Waals surface area contributed by atoms with Crippen LogP contribution in [0.4, 0.5) is 0 Å². The predicted octanol–water partition coefficient (Wildman–Crippen LogP) is 3.71. The van der Waals surface area contributed by atoms with Crippen LogP contribution < -0.4 is 0 Å². The summed E-state index contributed by atoms with van der Waals surface area (Å²) in [7, 11) is 0. The van der Waals surface area contributed by atoms with Crippen molar-refractivity contribution < 1.29 is 9.53 Å². The van der Waals surface area contributed by atoms with Crippen LogP contribution in [0.1, 0.15) is 52.9 Å². The van der Waals surface area contributed by atoms with Crippen molar-refractivity contribution in [3.8, 4) is 0 Å². The fraction of sp³-hybridized carbons (Fsp3) is 0.769. The van der Waals surface area contributed by atoms with Gasteiger partial charge in [-0.3, -0.25) is 0 Å². The van der Waals surface area contributed by atoms with Crippen LogP contribution in [0.3, 0.4) is 0 Å². The molecule has 0 N–H and O–H groups in total. The molecule has 2 heteroatoms. The van der Waals surface area contributed by atoms with Gasteiger partial charge >= 0.3 is 5.97 Å². The molecule has 0 saturated heterocycles. The Bertz CT molecular complexity index is 191. The van der Waals surface area contributed by atoms with Crippen molar-refractivity contribution in [3.63, 3.8) is 0 Å². The zero-order valence-corrected chi connectivity index (χ0v) is 10.3. The molecule has 0 aliphatic heterocycles. The quantitative estimate of drug-likeness (QED) is 0.453. The molecule has 0 amide bonds. The van der Waals surface area contributed by atoms with Crippen LogP contribution in [0.15, 0.2) is 12.2 Å². The molecule has 0 saturated carbocycles. The Morgan fingerprint density at radius 2 is 1.73 bits per heavy atom. The molecule has 0 aromatic heterocycles. The highest BCUT2D eigenvalue weighted by Crippen LogP contribution is 2.14. The van der Waals surface area contributed by atoms with Gasteiger partial charge in [0.1, 0.15) is 0 Å². The third-order valence-corrected chi connectivity index (χ3v) is 2.56. The number of carbonyl (C=O) groups excluding carboxylic acids is 1. The second-order valence-corrected chi connectivity index (χ2v) is 4.00. The van der Waals surface area contributed by atoms with E-state index in [0.717, 1.165) is 25.7 Å². The number of rotatable bonds is 8. The Morgan fingerprint density at radius 3 is 2.13 bits per heavy atom. The summed E-state index contributed by atoms with van der Waals surface area (Å²) in [6.07, 6.45) is 5.25. The predicted molar refractivity (Wildman–Crippen MR) is 63.7 cm³/mol. The van der Waals surface area contributed by atoms with Gasteiger partial charge in [0, 0.05) is 5.57 Å². The van der Waals surface area contributed by atoms with E-state index in [-0.39, 0.29) is 5.97 Å². The second-order valence-electron chi connectivity index (χ2n) is 4.00. The van der Waals surface area contributed by atoms with Crippen molar-refractivity contribution in [2.24, 2.45) is 5.92 Å². The van der Waals surface area contributed by atoms with Crippen molar-refractivity contribution in [2.45, 2.75) is 52.9 Å². The van der Waals surface area contributed by atoms with Gasteiger partial charge < -0.3 is 4.74 Å². The molecule has 2 nitrogen and oxygen atoms in total. The molecule has 0 rings (SSSR count). The van der Waals surface area contributed by atoms with Gasteiger partial charge in [0.2, 0.25) is 0 Å². The van der Waals surface area contributed by atoms with Crippen molar-refractivity contribution >= 4 is 5.97 Å². The summed E-state index contributed by atoms with van der Waals surface area (Å²) in [5.74, 6) is 0.295. The van der Waals surface area contributed by atoms with Crippen molar-refractivity contribution in [1.29, 1.82) is 0 Å². The van der Waals surface area contributed by atoms with E-state index < -0.39 is 0 Å². The summed E-state index contributed by atoms with van der Waals surface area (Å²) in [6.45, 7) is 10.5. The minimum atomic E-state index is -0.227. The first-order chi connectivity index (χ1) is 7.15. The smallest absolute Gasteiger partial charge is 0.333 e. The van der Waals surface area contributed by atoms with Crippen molar-refractivity contribution in [1.82, 2.24) is 0 Å². The fourth-order valence-electron chi connectivity index (χ4n) is 1.57. The normalized spacial score (nSPS) is 10.4. The van der Waals surface area contributed by atoms with Crippen LogP contribution in [0.2, 0.25) is 0 Å². The van der Waals surface area contributed by atoms with Gasteiger partial charge in [-0.2, -0.15) is 0 Å². The lowest BCUT2D eigenvalue weighted by Gasteiger charge is -2.15. The van der Waals surface area contributed by atoms with E-state index in [1.54, 1.807) is 0 Å². The molecule has 88 valence electrons. The third kappa shape index (κ3) is 6.32. The van der Waals surface area contributed by atoms with Gasteiger partial charge in [0.15, 0.2) is 0 Å². The molecule has 0 unspecified atom stereocenters. The van der Waals surface area contributed by atoms with E-state index in [1.165, 1.54) is 0 Å². The highest BCUT2D eigenvalue weighted by molar-refractivity contribution is 5.87. The Hall–Kier alpha value is -0.790. The molecule has 0 aliphatic carbocycles. The molecule has 0 aromatic carbocycles. The molecular weight excluding hydrogens is 188 g/mol. The first-order valence-electron chi connectivity index (χ1n) is 6.00. The second kappa shape index (κ2) is 8.51. The molecule has 0 aromatic rings. The van der Waals surface area contributed by atoms with Gasteiger partial charge in [-0.25, -0.2) is 4.79 Å². The monoisotopic (exact) mass is 212 g/mol. The minimum absolute atomic E-state index is 0.227. The summed E-state index contributed by atoms with van der Waals surface area (Å²) in [6, 6.07) is 0. The molecule has 0 atom stereocenters. The van der Waals surface area contributed by atoms with E-state index in [1.807, 2.05) is 6.92 Å². The van der Waals surface area contributed by atoms with Crippen LogP contribution >= 0.6 is 0 Å². The molecule has 15 heavy (non-hydrogen) atoms. The average Bonchev–Trinajstić information content (AvgIpc) is 2.25. The maximum Gasteiger partial charge on any atom is 0.333 e. The Morgan fingerprint density at radius 1 is 1.20 bits per heavy atom. The SMILES string of the molecule is C=C(CC)C(=O)OCC(CCC)CCC. The molecule has 0 radical (unpaired) electrons. The fourth-order valence-corrected chi connectivity index (χ4v) is 1.57. The molecular formula is C13H24O2. The summed E-state index contributed by atoms with van der Waals surface area (Å²) in [4.78, 5) is 11.4. The number of esters is 1. The lowest BCUT2D eigenvalue weighted by atomic mass is 9.99. The maximum absolute atomic E-state index is 11.4. The average molecular weight is 212 g/mol. The van der Waals surface area contributed by atoms with Gasteiger partial charge in [-0.1, -0.05) is 40.2 Å². The van der Waals surface area contributed by atoms with E-state index in [0.29, 0.717) is 24.5 Å². The van der Waals surface area contributed by atoms with Crippen LogP contribution in [0, 0.1) is 5.92 Å². The summed E-state index contributed by atoms with van der Waals surface area (Å²) < 4.78 is 5.22. The van der Waals surface area contributed by atoms with E-state index in [2.05, 4.69) is 20.4 Å². The van der Waals surface area contributed by atoms with E-state index in [4.69, 9.17) is 4.74 Å². The van der Waals surface area contributed by atoms with E-state index >= 15 is 0 Å². The van der Waals surface area contributed by atoms with Gasteiger partial charge in [0.25, 0.3) is 0 Å². The molecule has 0 heterocycles. The number of hydrogen-bond donors (Lipinski definition) is 0. The number of hydrogen-bond acceptors (Lipinski definition) is 2. The molecule has 0 fully saturated rings. The molecule has 0 spiro atoms. The lowest BCUT2D eigenvalue weighted by molar-refractivity contribution is -0.140. The zero-order valence-electron chi connectivity index (χ0n) is 10.3. The third-order valence-electron chi connectivity index (χ3n) is 2.56. The largest absolute Gasteiger partial charge is 0.462 e. The van der Waals surface area contributed by atoms with Crippen LogP contribution in [0.5, 0.6) is 0 Å². The molecule has 0 aliphatic rings. The topological polar surface area (TPSA) is 26.3 Å². The first-order valence-corrected chi connectivity index (χ1v) is 6.00. The van der Waals surface area contributed by atoms with Gasteiger partial charge in [-0.05, 0) is 25.2 Å². The van der Waals surface area contributed by atoms with Crippen molar-refractivity contribution in [3.05, 3.63) is 12.2 Å². The highest BCUT2D eigenvalue weighted by atomic mass is 16.5. The minimum Gasteiger partial charge on any atom is -0.462 e. The van der Waals surface area contributed by atoms with Crippen molar-refractivity contribution in [2.75, 3.05) is 6.61 Å².